The van der Waals surface area contributed by atoms with Crippen LogP contribution in [0.4, 0.5) is 4.79 Å². The molecule has 1 saturated heterocycles. The number of ether oxygens (including phenoxy) is 2. The molecule has 1 fully saturated rings. The van der Waals surface area contributed by atoms with Crippen LogP contribution in [-0.2, 0) is 15.9 Å². The predicted octanol–water partition coefficient (Wildman–Crippen LogP) is 1.92. The molecule has 2 heterocycles. The van der Waals surface area contributed by atoms with Gasteiger partial charge in [-0.15, -0.1) is 0 Å². The van der Waals surface area contributed by atoms with Gasteiger partial charge < -0.3 is 14.8 Å². The van der Waals surface area contributed by atoms with Gasteiger partial charge in [-0.05, 0) is 32.9 Å². The molecule has 1 amide bonds. The van der Waals surface area contributed by atoms with Crippen LogP contribution in [0.2, 0.25) is 0 Å². The van der Waals surface area contributed by atoms with E-state index < -0.39 is 11.7 Å². The molecule has 0 bridgehead atoms. The summed E-state index contributed by atoms with van der Waals surface area (Å²) in [4.78, 5) is 16.0. The lowest BCUT2D eigenvalue weighted by Crippen LogP contribution is -2.43. The molecule has 0 spiro atoms. The Hall–Kier alpha value is -1.62. The molecule has 19 heavy (non-hydrogen) atoms. The molecule has 1 aliphatic heterocycles. The van der Waals surface area contributed by atoms with Gasteiger partial charge in [-0.2, -0.15) is 0 Å². The van der Waals surface area contributed by atoms with Gasteiger partial charge in [0.1, 0.15) is 11.7 Å². The monoisotopic (exact) mass is 264 g/mol. The molecule has 1 aliphatic rings. The fraction of sp³-hybridized carbons (Fsp3) is 0.571. The molecule has 1 N–H and O–H groups in total. The quantitative estimate of drug-likeness (QED) is 0.844. The molecule has 0 unspecified atom stereocenters. The number of rotatable bonds is 4. The van der Waals surface area contributed by atoms with Crippen LogP contribution in [0.1, 0.15) is 26.5 Å². The van der Waals surface area contributed by atoms with E-state index in [-0.39, 0.29) is 12.1 Å². The summed E-state index contributed by atoms with van der Waals surface area (Å²) in [5.74, 6) is 0. The Morgan fingerprint density at radius 2 is 2.32 bits per heavy atom. The van der Waals surface area contributed by atoms with Crippen LogP contribution in [0, 0.1) is 0 Å². The van der Waals surface area contributed by atoms with Crippen molar-refractivity contribution in [1.82, 2.24) is 10.3 Å². The number of carbonyl (C=O) groups excluding carboxylic acids is 1. The van der Waals surface area contributed by atoms with E-state index >= 15 is 0 Å². The Bertz CT molecular complexity index is 424. The Labute approximate surface area is 113 Å². The largest absolute Gasteiger partial charge is 0.444 e. The number of carbonyl (C=O) groups is 1. The van der Waals surface area contributed by atoms with Gasteiger partial charge in [-0.1, -0.05) is 6.07 Å². The van der Waals surface area contributed by atoms with Crippen molar-refractivity contribution in [1.29, 1.82) is 0 Å². The number of aromatic nitrogens is 1. The molecule has 5 nitrogen and oxygen atoms in total. The van der Waals surface area contributed by atoms with E-state index in [0.29, 0.717) is 13.0 Å². The molecular weight excluding hydrogens is 244 g/mol. The van der Waals surface area contributed by atoms with Crippen molar-refractivity contribution in [2.45, 2.75) is 44.9 Å². The highest BCUT2D eigenvalue weighted by atomic mass is 16.6. The van der Waals surface area contributed by atoms with Crippen molar-refractivity contribution in [2.75, 3.05) is 6.61 Å². The first-order chi connectivity index (χ1) is 8.94. The lowest BCUT2D eigenvalue weighted by molar-refractivity contribution is 0.0495. The van der Waals surface area contributed by atoms with Gasteiger partial charge in [0.25, 0.3) is 0 Å². The van der Waals surface area contributed by atoms with Gasteiger partial charge >= 0.3 is 6.09 Å². The van der Waals surface area contributed by atoms with Crippen molar-refractivity contribution in [2.24, 2.45) is 0 Å². The molecule has 104 valence electrons. The summed E-state index contributed by atoms with van der Waals surface area (Å²) >= 11 is 0. The predicted molar refractivity (Wildman–Crippen MR) is 70.8 cm³/mol. The van der Waals surface area contributed by atoms with Gasteiger partial charge in [0.05, 0.1) is 12.6 Å². The second kappa shape index (κ2) is 5.57. The molecule has 0 radical (unpaired) electrons. The van der Waals surface area contributed by atoms with E-state index in [0.717, 1.165) is 5.69 Å². The number of amides is 1. The second-order valence-electron chi connectivity index (χ2n) is 5.65. The fourth-order valence-electron chi connectivity index (χ4n) is 1.77. The molecule has 5 heteroatoms. The standard InChI is InChI=1S/C14H20N2O3/c1-14(2,3)19-13(17)16-11(12-9-18-12)8-10-6-4-5-7-15-10/h4-7,11-12H,8-9H2,1-3H3,(H,16,17)/t11-,12+/m0/s1. The topological polar surface area (TPSA) is 63.8 Å². The summed E-state index contributed by atoms with van der Waals surface area (Å²) in [5, 5.41) is 2.86. The summed E-state index contributed by atoms with van der Waals surface area (Å²) in [6.07, 6.45) is 2.04. The summed E-state index contributed by atoms with van der Waals surface area (Å²) < 4.78 is 10.5. The van der Waals surface area contributed by atoms with Crippen LogP contribution < -0.4 is 5.32 Å². The summed E-state index contributed by atoms with van der Waals surface area (Å²) in [5.41, 5.74) is 0.434. The minimum absolute atomic E-state index is 0.0644. The van der Waals surface area contributed by atoms with Crippen molar-refractivity contribution >= 4 is 6.09 Å². The first-order valence-electron chi connectivity index (χ1n) is 6.45. The highest BCUT2D eigenvalue weighted by molar-refractivity contribution is 5.68. The van der Waals surface area contributed by atoms with E-state index in [1.54, 1.807) is 6.20 Å². The van der Waals surface area contributed by atoms with Crippen LogP contribution in [0.5, 0.6) is 0 Å². The smallest absolute Gasteiger partial charge is 0.407 e. The molecule has 2 rings (SSSR count). The van der Waals surface area contributed by atoms with E-state index in [1.165, 1.54) is 0 Å². The Balaban J connectivity index is 1.92. The average Bonchev–Trinajstić information content (AvgIpc) is 3.10. The maximum absolute atomic E-state index is 11.8. The lowest BCUT2D eigenvalue weighted by Gasteiger charge is -2.22. The number of epoxide rings is 1. The zero-order chi connectivity index (χ0) is 13.9. The minimum atomic E-state index is -0.496. The molecule has 0 aromatic carbocycles. The second-order valence-corrected chi connectivity index (χ2v) is 5.65. The van der Waals surface area contributed by atoms with E-state index in [9.17, 15) is 4.79 Å². The van der Waals surface area contributed by atoms with E-state index in [1.807, 2.05) is 39.0 Å². The van der Waals surface area contributed by atoms with Crippen molar-refractivity contribution in [3.05, 3.63) is 30.1 Å². The number of hydrogen-bond acceptors (Lipinski definition) is 4. The van der Waals surface area contributed by atoms with Crippen LogP contribution >= 0.6 is 0 Å². The number of nitrogens with zero attached hydrogens (tertiary/aromatic N) is 1. The summed E-state index contributed by atoms with van der Waals surface area (Å²) in [7, 11) is 0. The number of hydrogen-bond donors (Lipinski definition) is 1. The Morgan fingerprint density at radius 3 is 2.84 bits per heavy atom. The molecule has 0 saturated carbocycles. The van der Waals surface area contributed by atoms with Gasteiger partial charge in [0, 0.05) is 18.3 Å². The van der Waals surface area contributed by atoms with E-state index in [2.05, 4.69) is 10.3 Å². The normalized spacial score (nSPS) is 19.6. The third kappa shape index (κ3) is 4.87. The van der Waals surface area contributed by atoms with E-state index in [4.69, 9.17) is 9.47 Å². The summed E-state index contributed by atoms with van der Waals surface area (Å²) in [6.45, 7) is 6.20. The number of alkyl carbamates (subject to hydrolysis) is 1. The molecular formula is C14H20N2O3. The Morgan fingerprint density at radius 1 is 1.58 bits per heavy atom. The third-order valence-corrected chi connectivity index (χ3v) is 2.67. The van der Waals surface area contributed by atoms with Gasteiger partial charge in [-0.3, -0.25) is 4.98 Å². The van der Waals surface area contributed by atoms with Gasteiger partial charge in [-0.25, -0.2) is 4.79 Å². The maximum atomic E-state index is 11.8. The Kier molecular flexibility index (Phi) is 4.04. The van der Waals surface area contributed by atoms with Crippen molar-refractivity contribution in [3.63, 3.8) is 0 Å². The van der Waals surface area contributed by atoms with Crippen LogP contribution in [-0.4, -0.2) is 35.4 Å². The molecule has 1 aromatic heterocycles. The highest BCUT2D eigenvalue weighted by Crippen LogP contribution is 2.18. The molecule has 1 aromatic rings. The van der Waals surface area contributed by atoms with Gasteiger partial charge in [0.15, 0.2) is 0 Å². The van der Waals surface area contributed by atoms with Crippen molar-refractivity contribution in [3.8, 4) is 0 Å². The zero-order valence-corrected chi connectivity index (χ0v) is 11.6. The van der Waals surface area contributed by atoms with Gasteiger partial charge in [0.2, 0.25) is 0 Å². The molecule has 2 atom stereocenters. The first kappa shape index (κ1) is 13.8. The first-order valence-corrected chi connectivity index (χ1v) is 6.45. The van der Waals surface area contributed by atoms with Crippen molar-refractivity contribution < 1.29 is 14.3 Å². The SMILES string of the molecule is CC(C)(C)OC(=O)N[C@@H](Cc1ccccn1)[C@H]1CO1. The minimum Gasteiger partial charge on any atom is -0.444 e. The highest BCUT2D eigenvalue weighted by Gasteiger charge is 2.35. The third-order valence-electron chi connectivity index (χ3n) is 2.67. The van der Waals surface area contributed by atoms with Crippen LogP contribution in [0.25, 0.3) is 0 Å². The lowest BCUT2D eigenvalue weighted by atomic mass is 10.1. The maximum Gasteiger partial charge on any atom is 0.407 e. The fourth-order valence-corrected chi connectivity index (χ4v) is 1.77. The van der Waals surface area contributed by atoms with Crippen LogP contribution in [0.3, 0.4) is 0 Å². The average molecular weight is 264 g/mol. The van der Waals surface area contributed by atoms with Crippen LogP contribution in [0.15, 0.2) is 24.4 Å². The summed E-state index contributed by atoms with van der Waals surface area (Å²) in [6, 6.07) is 5.64. The number of nitrogens with one attached hydrogen (secondary N) is 1. The number of pyridine rings is 1. The molecule has 0 aliphatic carbocycles. The zero-order valence-electron chi connectivity index (χ0n) is 11.6.